The highest BCUT2D eigenvalue weighted by Gasteiger charge is 2.14. The molecule has 2 rings (SSSR count). The normalized spacial score (nSPS) is 17.1. The third-order valence-electron chi connectivity index (χ3n) is 2.71. The van der Waals surface area contributed by atoms with Gasteiger partial charge in [-0.3, -0.25) is 9.48 Å². The fourth-order valence-electron chi connectivity index (χ4n) is 1.81. The van der Waals surface area contributed by atoms with Crippen molar-refractivity contribution in [2.45, 2.75) is 19.4 Å². The van der Waals surface area contributed by atoms with Gasteiger partial charge >= 0.3 is 0 Å². The molecule has 16 heavy (non-hydrogen) atoms. The van der Waals surface area contributed by atoms with Gasteiger partial charge in [0, 0.05) is 26.1 Å². The third kappa shape index (κ3) is 3.03. The van der Waals surface area contributed by atoms with Crippen LogP contribution in [0.5, 0.6) is 0 Å². The summed E-state index contributed by atoms with van der Waals surface area (Å²) in [5.41, 5.74) is 0. The number of aromatic nitrogens is 3. The van der Waals surface area contributed by atoms with Crippen LogP contribution in [-0.4, -0.2) is 51.8 Å². The lowest BCUT2D eigenvalue weighted by Gasteiger charge is -2.19. The van der Waals surface area contributed by atoms with Crippen LogP contribution in [-0.2, 0) is 11.3 Å². The van der Waals surface area contributed by atoms with Crippen LogP contribution in [0.1, 0.15) is 12.8 Å². The molecule has 0 aromatic carbocycles. The molecule has 0 unspecified atom stereocenters. The maximum Gasteiger partial charge on any atom is 0.224 e. The molecule has 1 saturated heterocycles. The average molecular weight is 223 g/mol. The van der Waals surface area contributed by atoms with E-state index in [9.17, 15) is 4.79 Å². The molecule has 1 amide bonds. The zero-order chi connectivity index (χ0) is 11.2. The van der Waals surface area contributed by atoms with Gasteiger partial charge in [-0.05, 0) is 13.0 Å². The fourth-order valence-corrected chi connectivity index (χ4v) is 1.81. The topological polar surface area (TPSA) is 63.1 Å². The molecular weight excluding hydrogens is 206 g/mol. The lowest BCUT2D eigenvalue weighted by Crippen LogP contribution is -2.34. The lowest BCUT2D eigenvalue weighted by atomic mass is 10.3. The van der Waals surface area contributed by atoms with Crippen molar-refractivity contribution in [3.63, 3.8) is 0 Å². The Kier molecular flexibility index (Phi) is 3.87. The van der Waals surface area contributed by atoms with Gasteiger partial charge in [0.1, 0.15) is 12.7 Å². The van der Waals surface area contributed by atoms with Crippen molar-refractivity contribution in [3.05, 3.63) is 12.7 Å². The standard InChI is InChI=1S/C10H17N5O/c16-10(2-6-15-9-12-8-13-15)14-5-1-3-11-4-7-14/h8-9,11H,1-7H2. The van der Waals surface area contributed by atoms with E-state index in [0.29, 0.717) is 13.0 Å². The molecule has 1 aromatic heterocycles. The number of rotatable bonds is 3. The zero-order valence-electron chi connectivity index (χ0n) is 9.30. The van der Waals surface area contributed by atoms with E-state index >= 15 is 0 Å². The highest BCUT2D eigenvalue weighted by molar-refractivity contribution is 5.76. The Morgan fingerprint density at radius 3 is 3.12 bits per heavy atom. The average Bonchev–Trinajstić information content (AvgIpc) is 2.66. The van der Waals surface area contributed by atoms with Crippen molar-refractivity contribution in [1.29, 1.82) is 0 Å². The van der Waals surface area contributed by atoms with Gasteiger partial charge in [-0.25, -0.2) is 4.98 Å². The molecule has 1 aliphatic heterocycles. The minimum absolute atomic E-state index is 0.208. The Bertz CT molecular complexity index is 316. The molecule has 0 spiro atoms. The molecule has 6 nitrogen and oxygen atoms in total. The van der Waals surface area contributed by atoms with Gasteiger partial charge in [0.25, 0.3) is 0 Å². The van der Waals surface area contributed by atoms with Crippen LogP contribution >= 0.6 is 0 Å². The Morgan fingerprint density at radius 2 is 2.31 bits per heavy atom. The summed E-state index contributed by atoms with van der Waals surface area (Å²) >= 11 is 0. The van der Waals surface area contributed by atoms with Gasteiger partial charge in [-0.15, -0.1) is 0 Å². The smallest absolute Gasteiger partial charge is 0.224 e. The van der Waals surface area contributed by atoms with Crippen LogP contribution in [0, 0.1) is 0 Å². The molecule has 6 heteroatoms. The number of carbonyl (C=O) groups excluding carboxylic acids is 1. The van der Waals surface area contributed by atoms with E-state index in [0.717, 1.165) is 32.6 Å². The van der Waals surface area contributed by atoms with Crippen LogP contribution in [0.25, 0.3) is 0 Å². The first-order valence-electron chi connectivity index (χ1n) is 5.67. The van der Waals surface area contributed by atoms with E-state index in [1.165, 1.54) is 6.33 Å². The molecule has 1 N–H and O–H groups in total. The van der Waals surface area contributed by atoms with Crippen molar-refractivity contribution in [1.82, 2.24) is 25.0 Å². The van der Waals surface area contributed by atoms with Crippen LogP contribution in [0.3, 0.4) is 0 Å². The second kappa shape index (κ2) is 5.60. The number of hydrogen-bond acceptors (Lipinski definition) is 4. The van der Waals surface area contributed by atoms with E-state index in [-0.39, 0.29) is 5.91 Å². The second-order valence-corrected chi connectivity index (χ2v) is 3.89. The van der Waals surface area contributed by atoms with Crippen molar-refractivity contribution < 1.29 is 4.79 Å². The summed E-state index contributed by atoms with van der Waals surface area (Å²) in [6, 6.07) is 0. The molecule has 1 aliphatic rings. The first-order valence-corrected chi connectivity index (χ1v) is 5.67. The van der Waals surface area contributed by atoms with Gasteiger partial charge in [-0.2, -0.15) is 5.10 Å². The van der Waals surface area contributed by atoms with Crippen LogP contribution in [0.15, 0.2) is 12.7 Å². The first kappa shape index (κ1) is 11.1. The predicted molar refractivity (Wildman–Crippen MR) is 58.7 cm³/mol. The lowest BCUT2D eigenvalue weighted by molar-refractivity contribution is -0.131. The quantitative estimate of drug-likeness (QED) is 0.749. The van der Waals surface area contributed by atoms with E-state index in [1.54, 1.807) is 11.0 Å². The number of nitrogens with one attached hydrogen (secondary N) is 1. The van der Waals surface area contributed by atoms with Gasteiger partial charge < -0.3 is 10.2 Å². The Morgan fingerprint density at radius 1 is 1.38 bits per heavy atom. The molecule has 0 aliphatic carbocycles. The summed E-state index contributed by atoms with van der Waals surface area (Å²) < 4.78 is 1.69. The molecule has 1 fully saturated rings. The number of aryl methyl sites for hydroxylation is 1. The van der Waals surface area contributed by atoms with E-state index in [4.69, 9.17) is 0 Å². The Balaban J connectivity index is 1.78. The number of carbonyl (C=O) groups is 1. The largest absolute Gasteiger partial charge is 0.341 e. The maximum atomic E-state index is 11.9. The van der Waals surface area contributed by atoms with E-state index in [1.807, 2.05) is 4.90 Å². The summed E-state index contributed by atoms with van der Waals surface area (Å²) in [5, 5.41) is 7.25. The van der Waals surface area contributed by atoms with Crippen molar-refractivity contribution in [2.24, 2.45) is 0 Å². The summed E-state index contributed by atoms with van der Waals surface area (Å²) in [4.78, 5) is 17.7. The van der Waals surface area contributed by atoms with E-state index in [2.05, 4.69) is 15.4 Å². The zero-order valence-corrected chi connectivity index (χ0v) is 9.30. The van der Waals surface area contributed by atoms with Crippen LogP contribution in [0.2, 0.25) is 0 Å². The first-order chi connectivity index (χ1) is 7.86. The SMILES string of the molecule is O=C(CCn1cncn1)N1CCCNCC1. The van der Waals surface area contributed by atoms with Crippen molar-refractivity contribution in [2.75, 3.05) is 26.2 Å². The molecule has 88 valence electrons. The number of nitrogens with zero attached hydrogens (tertiary/aromatic N) is 4. The summed E-state index contributed by atoms with van der Waals surface area (Å²) in [6.45, 7) is 4.20. The second-order valence-electron chi connectivity index (χ2n) is 3.89. The number of hydrogen-bond donors (Lipinski definition) is 1. The summed E-state index contributed by atoms with van der Waals surface area (Å²) in [6.07, 6.45) is 4.66. The van der Waals surface area contributed by atoms with Crippen molar-refractivity contribution in [3.8, 4) is 0 Å². The van der Waals surface area contributed by atoms with Crippen molar-refractivity contribution >= 4 is 5.91 Å². The highest BCUT2D eigenvalue weighted by Crippen LogP contribution is 2.00. The molecule has 2 heterocycles. The van der Waals surface area contributed by atoms with Crippen LogP contribution < -0.4 is 5.32 Å². The number of amides is 1. The predicted octanol–water partition coefficient (Wildman–Crippen LogP) is -0.510. The Hall–Kier alpha value is -1.43. The Labute approximate surface area is 94.6 Å². The van der Waals surface area contributed by atoms with Gasteiger partial charge in [0.2, 0.25) is 5.91 Å². The third-order valence-corrected chi connectivity index (χ3v) is 2.71. The molecule has 0 radical (unpaired) electrons. The molecule has 0 atom stereocenters. The fraction of sp³-hybridized carbons (Fsp3) is 0.700. The minimum atomic E-state index is 0.208. The van der Waals surface area contributed by atoms with E-state index < -0.39 is 0 Å². The molecule has 0 bridgehead atoms. The maximum absolute atomic E-state index is 11.9. The van der Waals surface area contributed by atoms with Crippen LogP contribution in [0.4, 0.5) is 0 Å². The van der Waals surface area contributed by atoms with Gasteiger partial charge in [-0.1, -0.05) is 0 Å². The summed E-state index contributed by atoms with van der Waals surface area (Å²) in [7, 11) is 0. The monoisotopic (exact) mass is 223 g/mol. The molecule has 1 aromatic rings. The molecule has 0 saturated carbocycles. The minimum Gasteiger partial charge on any atom is -0.341 e. The molecular formula is C10H17N5O. The van der Waals surface area contributed by atoms with Gasteiger partial charge in [0.15, 0.2) is 0 Å². The summed E-state index contributed by atoms with van der Waals surface area (Å²) in [5.74, 6) is 0.208. The highest BCUT2D eigenvalue weighted by atomic mass is 16.2. The van der Waals surface area contributed by atoms with Gasteiger partial charge in [0.05, 0.1) is 6.54 Å².